The van der Waals surface area contributed by atoms with Crippen molar-refractivity contribution in [1.82, 2.24) is 4.57 Å². The summed E-state index contributed by atoms with van der Waals surface area (Å²) < 4.78 is 35.1. The Balaban J connectivity index is 1.62. The first-order valence-corrected chi connectivity index (χ1v) is 12.1. The molecule has 3 aromatic carbocycles. The number of anilines is 1. The van der Waals surface area contributed by atoms with Gasteiger partial charge in [-0.2, -0.15) is 4.99 Å². The summed E-state index contributed by atoms with van der Waals surface area (Å²) in [6, 6.07) is 16.3. The Morgan fingerprint density at radius 1 is 1.12 bits per heavy atom. The zero-order valence-corrected chi connectivity index (χ0v) is 19.6. The number of nitrogens with zero attached hydrogens (tertiary/aromatic N) is 3. The smallest absolute Gasteiger partial charge is 0.279 e. The molecule has 0 unspecified atom stereocenters. The van der Waals surface area contributed by atoms with Crippen LogP contribution in [0.15, 0.2) is 76.6 Å². The molecule has 1 aromatic heterocycles. The number of ether oxygens (including phenoxy) is 1. The van der Waals surface area contributed by atoms with Gasteiger partial charge in [0.15, 0.2) is 4.80 Å². The molecule has 174 valence electrons. The summed E-state index contributed by atoms with van der Waals surface area (Å²) >= 11 is 1.14. The number of fused-ring (bicyclic) bond motifs is 1. The molecule has 0 saturated carbocycles. The Bertz CT molecular complexity index is 1590. The molecule has 0 aliphatic carbocycles. The minimum Gasteiger partial charge on any atom is -0.497 e. The predicted octanol–water partition coefficient (Wildman–Crippen LogP) is 3.70. The molecule has 0 atom stereocenters. The molecule has 4 aromatic rings. The first kappa shape index (κ1) is 23.1. The topological polar surface area (TPSA) is 133 Å². The van der Waals surface area contributed by atoms with E-state index in [4.69, 9.17) is 4.74 Å². The van der Waals surface area contributed by atoms with E-state index < -0.39 is 20.9 Å². The number of aromatic nitrogens is 1. The van der Waals surface area contributed by atoms with E-state index in [-0.39, 0.29) is 21.8 Å². The van der Waals surface area contributed by atoms with Gasteiger partial charge in [0.25, 0.3) is 21.6 Å². The number of methoxy groups -OCH3 is 1. The number of thiazole rings is 1. The molecular weight excluding hydrogens is 480 g/mol. The van der Waals surface area contributed by atoms with Crippen molar-refractivity contribution in [2.24, 2.45) is 12.0 Å². The van der Waals surface area contributed by atoms with E-state index in [2.05, 4.69) is 9.71 Å². The van der Waals surface area contributed by atoms with E-state index in [1.807, 2.05) is 0 Å². The van der Waals surface area contributed by atoms with E-state index in [0.717, 1.165) is 11.3 Å². The highest BCUT2D eigenvalue weighted by atomic mass is 32.2. The fraction of sp³-hybridized carbons (Fsp3) is 0.0909. The maximum absolute atomic E-state index is 12.8. The van der Waals surface area contributed by atoms with Crippen LogP contribution >= 0.6 is 11.3 Å². The van der Waals surface area contributed by atoms with Crippen molar-refractivity contribution in [3.05, 3.63) is 87.2 Å². The number of hydrogen-bond donors (Lipinski definition) is 1. The lowest BCUT2D eigenvalue weighted by Gasteiger charge is -2.09. The lowest BCUT2D eigenvalue weighted by atomic mass is 10.2. The lowest BCUT2D eigenvalue weighted by Crippen LogP contribution is -2.14. The number of carbonyl (C=O) groups excluding carboxylic acids is 1. The molecule has 0 fully saturated rings. The summed E-state index contributed by atoms with van der Waals surface area (Å²) in [7, 11) is -0.691. The average Bonchev–Trinajstić information content (AvgIpc) is 3.13. The zero-order chi connectivity index (χ0) is 24.5. The highest BCUT2D eigenvalue weighted by Crippen LogP contribution is 2.23. The van der Waals surface area contributed by atoms with Gasteiger partial charge in [-0.3, -0.25) is 19.6 Å². The van der Waals surface area contributed by atoms with Crippen molar-refractivity contribution in [3.8, 4) is 5.75 Å². The Morgan fingerprint density at radius 3 is 2.53 bits per heavy atom. The summed E-state index contributed by atoms with van der Waals surface area (Å²) in [5, 5.41) is 11.0. The number of hydrogen-bond acceptors (Lipinski definition) is 7. The molecule has 34 heavy (non-hydrogen) atoms. The number of nitro benzene ring substituents is 1. The average molecular weight is 499 g/mol. The summed E-state index contributed by atoms with van der Waals surface area (Å²) in [6.07, 6.45) is 0. The van der Waals surface area contributed by atoms with Gasteiger partial charge >= 0.3 is 0 Å². The predicted molar refractivity (Wildman–Crippen MR) is 128 cm³/mol. The van der Waals surface area contributed by atoms with Crippen LogP contribution in [-0.4, -0.2) is 30.9 Å². The van der Waals surface area contributed by atoms with Gasteiger partial charge in [-0.25, -0.2) is 8.42 Å². The van der Waals surface area contributed by atoms with E-state index in [1.165, 1.54) is 61.7 Å². The van der Waals surface area contributed by atoms with Crippen LogP contribution in [0.2, 0.25) is 0 Å². The van der Waals surface area contributed by atoms with Crippen LogP contribution in [0.3, 0.4) is 0 Å². The fourth-order valence-corrected chi connectivity index (χ4v) is 5.28. The van der Waals surface area contributed by atoms with E-state index >= 15 is 0 Å². The minimum atomic E-state index is -3.88. The number of amides is 1. The quantitative estimate of drug-likeness (QED) is 0.318. The minimum absolute atomic E-state index is 0.0427. The van der Waals surface area contributed by atoms with Crippen molar-refractivity contribution in [2.45, 2.75) is 4.90 Å². The van der Waals surface area contributed by atoms with Gasteiger partial charge in [-0.15, -0.1) is 0 Å². The second kappa shape index (κ2) is 9.08. The standard InChI is InChI=1S/C22H18N4O6S2/c1-25-19-11-6-16(26(28)29)13-20(19)33-22(25)23-21(27)14-4-3-5-15(12-14)24-34(30,31)18-9-7-17(32-2)8-10-18/h3-13,24H,1-2H3. The van der Waals surface area contributed by atoms with Gasteiger partial charge in [0.05, 0.1) is 27.1 Å². The van der Waals surface area contributed by atoms with Crippen LogP contribution in [0, 0.1) is 10.1 Å². The number of sulfonamides is 1. The number of aryl methyl sites for hydroxylation is 1. The normalized spacial score (nSPS) is 12.0. The zero-order valence-electron chi connectivity index (χ0n) is 18.0. The summed E-state index contributed by atoms with van der Waals surface area (Å²) in [4.78, 5) is 27.9. The molecule has 1 N–H and O–H groups in total. The van der Waals surface area contributed by atoms with E-state index in [1.54, 1.807) is 23.7 Å². The van der Waals surface area contributed by atoms with Crippen LogP contribution in [0.1, 0.15) is 10.4 Å². The third-order valence-electron chi connectivity index (χ3n) is 4.93. The van der Waals surface area contributed by atoms with Crippen molar-refractivity contribution in [2.75, 3.05) is 11.8 Å². The molecule has 0 bridgehead atoms. The molecule has 0 saturated heterocycles. The molecule has 0 radical (unpaired) electrons. The Kier molecular flexibility index (Phi) is 6.18. The third kappa shape index (κ3) is 4.67. The lowest BCUT2D eigenvalue weighted by molar-refractivity contribution is -0.384. The summed E-state index contributed by atoms with van der Waals surface area (Å²) in [5.41, 5.74) is 1.03. The Labute approximate surface area is 198 Å². The molecule has 0 aliphatic heterocycles. The van der Waals surface area contributed by atoms with Crippen molar-refractivity contribution in [3.63, 3.8) is 0 Å². The summed E-state index contributed by atoms with van der Waals surface area (Å²) in [5.74, 6) is -0.0562. The van der Waals surface area contributed by atoms with Crippen LogP contribution in [0.4, 0.5) is 11.4 Å². The van der Waals surface area contributed by atoms with Gasteiger partial charge in [-0.1, -0.05) is 17.4 Å². The molecule has 0 spiro atoms. The third-order valence-corrected chi connectivity index (χ3v) is 7.42. The highest BCUT2D eigenvalue weighted by Gasteiger charge is 2.16. The number of carbonyl (C=O) groups is 1. The molecule has 4 rings (SSSR count). The first-order chi connectivity index (χ1) is 16.2. The molecule has 0 aliphatic rings. The van der Waals surface area contributed by atoms with Crippen molar-refractivity contribution < 1.29 is 22.9 Å². The number of nitrogens with one attached hydrogen (secondary N) is 1. The summed E-state index contributed by atoms with van der Waals surface area (Å²) in [6.45, 7) is 0. The maximum Gasteiger partial charge on any atom is 0.279 e. The van der Waals surface area contributed by atoms with Crippen LogP contribution in [0.25, 0.3) is 10.2 Å². The monoisotopic (exact) mass is 498 g/mol. The Hall–Kier alpha value is -4.03. The van der Waals surface area contributed by atoms with Gasteiger partial charge < -0.3 is 9.30 Å². The van der Waals surface area contributed by atoms with Gasteiger partial charge in [-0.05, 0) is 48.5 Å². The molecular formula is C22H18N4O6S2. The second-order valence-corrected chi connectivity index (χ2v) is 9.82. The van der Waals surface area contributed by atoms with E-state index in [9.17, 15) is 23.3 Å². The number of benzene rings is 3. The molecule has 12 heteroatoms. The van der Waals surface area contributed by atoms with Crippen LogP contribution in [0.5, 0.6) is 5.75 Å². The van der Waals surface area contributed by atoms with Gasteiger partial charge in [0.2, 0.25) is 0 Å². The number of nitro groups is 1. The Morgan fingerprint density at radius 2 is 1.85 bits per heavy atom. The number of non-ortho nitro benzene ring substituents is 1. The fourth-order valence-electron chi connectivity index (χ4n) is 3.18. The van der Waals surface area contributed by atoms with Crippen molar-refractivity contribution in [1.29, 1.82) is 0 Å². The van der Waals surface area contributed by atoms with Crippen molar-refractivity contribution >= 4 is 48.9 Å². The van der Waals surface area contributed by atoms with Gasteiger partial charge in [0.1, 0.15) is 5.75 Å². The maximum atomic E-state index is 12.8. The first-order valence-electron chi connectivity index (χ1n) is 9.78. The number of rotatable bonds is 6. The molecule has 1 amide bonds. The molecule has 1 heterocycles. The largest absolute Gasteiger partial charge is 0.497 e. The molecule has 10 nitrogen and oxygen atoms in total. The highest BCUT2D eigenvalue weighted by molar-refractivity contribution is 7.92. The SMILES string of the molecule is COc1ccc(S(=O)(=O)Nc2cccc(C(=O)N=c3sc4cc([N+](=O)[O-])ccc4n3C)c2)cc1. The van der Waals surface area contributed by atoms with Crippen LogP contribution < -0.4 is 14.3 Å². The van der Waals surface area contributed by atoms with E-state index in [0.29, 0.717) is 20.8 Å². The van der Waals surface area contributed by atoms with Gasteiger partial charge in [0, 0.05) is 30.4 Å². The second-order valence-electron chi connectivity index (χ2n) is 7.13. The van der Waals surface area contributed by atoms with Crippen LogP contribution in [-0.2, 0) is 17.1 Å².